The van der Waals surface area contributed by atoms with Crippen LogP contribution in [0.4, 0.5) is 11.5 Å². The molecule has 1 saturated carbocycles. The summed E-state index contributed by atoms with van der Waals surface area (Å²) in [6, 6.07) is 0.618. The monoisotopic (exact) mass is 238 g/mol. The summed E-state index contributed by atoms with van der Waals surface area (Å²) in [6.45, 7) is 2.92. The van der Waals surface area contributed by atoms with Crippen LogP contribution in [0, 0.1) is 0 Å². The van der Waals surface area contributed by atoms with Crippen LogP contribution >= 0.6 is 24.8 Å². The van der Waals surface area contributed by atoms with Crippen LogP contribution in [0.5, 0.6) is 0 Å². The number of aromatic nitrogens is 2. The molecule has 1 heterocycles. The highest BCUT2D eigenvalue weighted by atomic mass is 35.5. The first-order valence-electron chi connectivity index (χ1n) is 4.39. The van der Waals surface area contributed by atoms with Gasteiger partial charge < -0.3 is 11.1 Å². The van der Waals surface area contributed by atoms with Crippen molar-refractivity contribution < 1.29 is 0 Å². The Balaban J connectivity index is 0.000000845. The summed E-state index contributed by atoms with van der Waals surface area (Å²) in [7, 11) is 0. The Morgan fingerprint density at radius 2 is 2.21 bits per heavy atom. The molecular formula is C8H16Cl2N4. The molecule has 0 aromatic carbocycles. The Morgan fingerprint density at radius 1 is 1.57 bits per heavy atom. The maximum Gasteiger partial charge on any atom is 0.171 e. The van der Waals surface area contributed by atoms with Crippen molar-refractivity contribution in [1.29, 1.82) is 0 Å². The van der Waals surface area contributed by atoms with Gasteiger partial charge in [-0.05, 0) is 19.8 Å². The second-order valence-electron chi connectivity index (χ2n) is 3.21. The summed E-state index contributed by atoms with van der Waals surface area (Å²) in [5.41, 5.74) is 6.50. The van der Waals surface area contributed by atoms with E-state index in [2.05, 4.69) is 10.4 Å². The lowest BCUT2D eigenvalue weighted by molar-refractivity contribution is 0.661. The van der Waals surface area contributed by atoms with Crippen molar-refractivity contribution in [3.8, 4) is 0 Å². The fourth-order valence-corrected chi connectivity index (χ4v) is 1.13. The van der Waals surface area contributed by atoms with Gasteiger partial charge in [-0.1, -0.05) is 0 Å². The van der Waals surface area contributed by atoms with Crippen LogP contribution in [-0.4, -0.2) is 15.8 Å². The number of nitrogens with one attached hydrogen (secondary N) is 1. The normalized spacial score (nSPS) is 14.1. The van der Waals surface area contributed by atoms with Crippen molar-refractivity contribution in [2.24, 2.45) is 0 Å². The molecular weight excluding hydrogens is 223 g/mol. The molecule has 6 heteroatoms. The Bertz CT molecular complexity index is 283. The first-order chi connectivity index (χ1) is 5.79. The van der Waals surface area contributed by atoms with E-state index < -0.39 is 0 Å². The van der Waals surface area contributed by atoms with Crippen molar-refractivity contribution >= 4 is 36.3 Å². The van der Waals surface area contributed by atoms with Crippen LogP contribution in [0.25, 0.3) is 0 Å². The lowest BCUT2D eigenvalue weighted by Gasteiger charge is -1.99. The predicted octanol–water partition coefficient (Wildman–Crippen LogP) is 1.90. The van der Waals surface area contributed by atoms with Gasteiger partial charge in [0.1, 0.15) is 0 Å². The summed E-state index contributed by atoms with van der Waals surface area (Å²) < 4.78 is 1.85. The first-order valence-corrected chi connectivity index (χ1v) is 4.39. The maximum absolute atomic E-state index is 5.75. The predicted molar refractivity (Wildman–Crippen MR) is 63.5 cm³/mol. The van der Waals surface area contributed by atoms with Crippen LogP contribution in [-0.2, 0) is 6.54 Å². The topological polar surface area (TPSA) is 55.9 Å². The standard InChI is InChI=1S/C8H14N4.2ClH/c1-2-12-5-7(9)8(11-12)10-6-3-4-6;;/h5-6H,2-4,9H2,1H3,(H,10,11);2*1H. The molecule has 0 radical (unpaired) electrons. The van der Waals surface area contributed by atoms with Gasteiger partial charge in [0.05, 0.1) is 11.9 Å². The third-order valence-electron chi connectivity index (χ3n) is 2.03. The van der Waals surface area contributed by atoms with Crippen LogP contribution in [0.2, 0.25) is 0 Å². The molecule has 1 aromatic rings. The van der Waals surface area contributed by atoms with Gasteiger partial charge in [-0.3, -0.25) is 4.68 Å². The minimum atomic E-state index is 0. The SMILES string of the molecule is CCn1cc(N)c(NC2CC2)n1.Cl.Cl. The van der Waals surface area contributed by atoms with Crippen molar-refractivity contribution in [3.63, 3.8) is 0 Å². The number of nitrogen functional groups attached to an aromatic ring is 1. The minimum Gasteiger partial charge on any atom is -0.394 e. The number of anilines is 2. The lowest BCUT2D eigenvalue weighted by Crippen LogP contribution is -2.04. The highest BCUT2D eigenvalue weighted by molar-refractivity contribution is 5.85. The molecule has 0 atom stereocenters. The van der Waals surface area contributed by atoms with Crippen LogP contribution in [0.1, 0.15) is 19.8 Å². The summed E-state index contributed by atoms with van der Waals surface area (Å²) in [6.07, 6.45) is 4.36. The van der Waals surface area contributed by atoms with Gasteiger partial charge in [0.25, 0.3) is 0 Å². The van der Waals surface area contributed by atoms with Gasteiger partial charge in [-0.2, -0.15) is 5.10 Å². The number of rotatable bonds is 3. The Labute approximate surface area is 96.1 Å². The number of hydrogen-bond acceptors (Lipinski definition) is 3. The Hall–Kier alpha value is -0.610. The third-order valence-corrected chi connectivity index (χ3v) is 2.03. The molecule has 1 aliphatic rings. The zero-order valence-electron chi connectivity index (χ0n) is 8.06. The lowest BCUT2D eigenvalue weighted by atomic mass is 10.5. The molecule has 0 unspecified atom stereocenters. The van der Waals surface area contributed by atoms with E-state index in [1.165, 1.54) is 12.8 Å². The summed E-state index contributed by atoms with van der Waals surface area (Å²) >= 11 is 0. The molecule has 2 rings (SSSR count). The van der Waals surface area contributed by atoms with Crippen molar-refractivity contribution in [3.05, 3.63) is 6.20 Å². The quantitative estimate of drug-likeness (QED) is 0.846. The molecule has 82 valence electrons. The maximum atomic E-state index is 5.75. The molecule has 0 aliphatic heterocycles. The Morgan fingerprint density at radius 3 is 2.64 bits per heavy atom. The second-order valence-corrected chi connectivity index (χ2v) is 3.21. The smallest absolute Gasteiger partial charge is 0.171 e. The number of aryl methyl sites for hydroxylation is 1. The zero-order valence-corrected chi connectivity index (χ0v) is 9.70. The Kier molecular flexibility index (Phi) is 5.08. The molecule has 3 N–H and O–H groups in total. The molecule has 1 aliphatic carbocycles. The average Bonchev–Trinajstić information content (AvgIpc) is 2.78. The highest BCUT2D eigenvalue weighted by Gasteiger charge is 2.22. The van der Waals surface area contributed by atoms with Gasteiger partial charge in [0.15, 0.2) is 5.82 Å². The molecule has 1 aromatic heterocycles. The largest absolute Gasteiger partial charge is 0.394 e. The second kappa shape index (κ2) is 5.32. The van der Waals surface area contributed by atoms with E-state index in [1.54, 1.807) is 0 Å². The van der Waals surface area contributed by atoms with E-state index in [1.807, 2.05) is 17.8 Å². The molecule has 0 saturated heterocycles. The molecule has 1 fully saturated rings. The average molecular weight is 239 g/mol. The highest BCUT2D eigenvalue weighted by Crippen LogP contribution is 2.26. The van der Waals surface area contributed by atoms with E-state index >= 15 is 0 Å². The van der Waals surface area contributed by atoms with Crippen molar-refractivity contribution in [1.82, 2.24) is 9.78 Å². The first kappa shape index (κ1) is 13.4. The molecule has 0 spiro atoms. The zero-order chi connectivity index (χ0) is 8.55. The fraction of sp³-hybridized carbons (Fsp3) is 0.625. The van der Waals surface area contributed by atoms with Gasteiger partial charge in [-0.15, -0.1) is 24.8 Å². The number of nitrogens with two attached hydrogens (primary N) is 1. The fourth-order valence-electron chi connectivity index (χ4n) is 1.13. The van der Waals surface area contributed by atoms with E-state index in [9.17, 15) is 0 Å². The van der Waals surface area contributed by atoms with Crippen LogP contribution < -0.4 is 11.1 Å². The summed E-state index contributed by atoms with van der Waals surface area (Å²) in [5.74, 6) is 0.847. The van der Waals surface area contributed by atoms with Crippen LogP contribution in [0.15, 0.2) is 6.20 Å². The van der Waals surface area contributed by atoms with Crippen molar-refractivity contribution in [2.75, 3.05) is 11.1 Å². The summed E-state index contributed by atoms with van der Waals surface area (Å²) in [4.78, 5) is 0. The molecule has 0 amide bonds. The molecule has 4 nitrogen and oxygen atoms in total. The third kappa shape index (κ3) is 2.96. The molecule has 0 bridgehead atoms. The van der Waals surface area contributed by atoms with E-state index in [4.69, 9.17) is 5.73 Å². The van der Waals surface area contributed by atoms with Gasteiger partial charge in [-0.25, -0.2) is 0 Å². The van der Waals surface area contributed by atoms with Gasteiger partial charge in [0.2, 0.25) is 0 Å². The van der Waals surface area contributed by atoms with E-state index in [-0.39, 0.29) is 24.8 Å². The van der Waals surface area contributed by atoms with Crippen LogP contribution in [0.3, 0.4) is 0 Å². The summed E-state index contributed by atoms with van der Waals surface area (Å²) in [5, 5.41) is 7.57. The van der Waals surface area contributed by atoms with E-state index in [0.29, 0.717) is 6.04 Å². The minimum absolute atomic E-state index is 0. The van der Waals surface area contributed by atoms with Crippen molar-refractivity contribution in [2.45, 2.75) is 32.4 Å². The number of hydrogen-bond donors (Lipinski definition) is 2. The number of halogens is 2. The molecule has 14 heavy (non-hydrogen) atoms. The number of nitrogens with zero attached hydrogens (tertiary/aromatic N) is 2. The van der Waals surface area contributed by atoms with Gasteiger partial charge >= 0.3 is 0 Å². The van der Waals surface area contributed by atoms with E-state index in [0.717, 1.165) is 18.1 Å². The van der Waals surface area contributed by atoms with Gasteiger partial charge in [0, 0.05) is 12.6 Å².